The molecule has 1 N–H and O–H groups in total. The Hall–Kier alpha value is -0.890. The largest absolute Gasteiger partial charge is 0.495 e. The molecule has 0 saturated heterocycles. The van der Waals surface area contributed by atoms with E-state index in [9.17, 15) is 0 Å². The highest BCUT2D eigenvalue weighted by molar-refractivity contribution is 6.32. The number of ether oxygens (including phenoxy) is 1. The molecule has 0 aliphatic heterocycles. The lowest BCUT2D eigenvalue weighted by Gasteiger charge is -2.04. The predicted molar refractivity (Wildman–Crippen MR) is 47.0 cm³/mol. The van der Waals surface area contributed by atoms with E-state index in [0.717, 1.165) is 5.69 Å². The molecule has 1 aromatic carbocycles. The molecule has 0 aromatic heterocycles. The standard InChI is InChI=1S/C8H9ClNO/c1-10-6-3-4-8(11-2)7(9)5-6/h3-5,10H,1H2,2H3. The summed E-state index contributed by atoms with van der Waals surface area (Å²) in [5.74, 6) is 0.672. The fourth-order valence-electron chi connectivity index (χ4n) is 0.776. The van der Waals surface area contributed by atoms with E-state index in [2.05, 4.69) is 12.4 Å². The normalized spacial score (nSPS) is 9.36. The molecule has 0 spiro atoms. The summed E-state index contributed by atoms with van der Waals surface area (Å²) in [4.78, 5) is 0. The fourth-order valence-corrected chi connectivity index (χ4v) is 1.03. The maximum Gasteiger partial charge on any atom is 0.137 e. The van der Waals surface area contributed by atoms with Gasteiger partial charge in [-0.25, -0.2) is 0 Å². The third kappa shape index (κ3) is 1.77. The van der Waals surface area contributed by atoms with Crippen LogP contribution in [0.1, 0.15) is 0 Å². The van der Waals surface area contributed by atoms with Crippen LogP contribution in [0.25, 0.3) is 0 Å². The van der Waals surface area contributed by atoms with E-state index in [1.165, 1.54) is 0 Å². The van der Waals surface area contributed by atoms with Crippen LogP contribution in [0.3, 0.4) is 0 Å². The van der Waals surface area contributed by atoms with Crippen molar-refractivity contribution in [1.29, 1.82) is 0 Å². The maximum absolute atomic E-state index is 5.82. The summed E-state index contributed by atoms with van der Waals surface area (Å²) in [5, 5.41) is 3.31. The zero-order chi connectivity index (χ0) is 8.27. The number of hydrogen-bond donors (Lipinski definition) is 1. The van der Waals surface area contributed by atoms with Gasteiger partial charge in [0.2, 0.25) is 0 Å². The molecule has 0 atom stereocenters. The van der Waals surface area contributed by atoms with Gasteiger partial charge in [-0.05, 0) is 18.2 Å². The molecular formula is C8H9ClNO. The van der Waals surface area contributed by atoms with Gasteiger partial charge in [0, 0.05) is 12.7 Å². The number of nitrogens with one attached hydrogen (secondary N) is 1. The van der Waals surface area contributed by atoms with Crippen molar-refractivity contribution >= 4 is 17.3 Å². The minimum Gasteiger partial charge on any atom is -0.495 e. The minimum absolute atomic E-state index is 0.584. The monoisotopic (exact) mass is 170 g/mol. The molecule has 0 saturated carbocycles. The molecule has 0 heterocycles. The molecule has 1 aromatic rings. The molecule has 59 valence electrons. The average Bonchev–Trinajstić information content (AvgIpc) is 2.04. The molecule has 1 rings (SSSR count). The molecule has 11 heavy (non-hydrogen) atoms. The average molecular weight is 171 g/mol. The molecule has 0 unspecified atom stereocenters. The summed E-state index contributed by atoms with van der Waals surface area (Å²) < 4.78 is 4.96. The number of hydrogen-bond acceptors (Lipinski definition) is 2. The third-order valence-electron chi connectivity index (χ3n) is 1.36. The van der Waals surface area contributed by atoms with Gasteiger partial charge in [-0.15, -0.1) is 0 Å². The van der Waals surface area contributed by atoms with Crippen LogP contribution in [0.15, 0.2) is 18.2 Å². The lowest BCUT2D eigenvalue weighted by Crippen LogP contribution is -1.87. The second-order valence-corrected chi connectivity index (χ2v) is 2.43. The number of anilines is 1. The molecule has 1 radical (unpaired) electrons. The Morgan fingerprint density at radius 3 is 2.73 bits per heavy atom. The van der Waals surface area contributed by atoms with Crippen molar-refractivity contribution in [3.8, 4) is 5.75 Å². The summed E-state index contributed by atoms with van der Waals surface area (Å²) >= 11 is 5.82. The zero-order valence-corrected chi connectivity index (χ0v) is 6.98. The maximum atomic E-state index is 5.82. The van der Waals surface area contributed by atoms with Crippen molar-refractivity contribution in [3.63, 3.8) is 0 Å². The molecule has 0 aliphatic carbocycles. The van der Waals surface area contributed by atoms with Crippen LogP contribution in [0.2, 0.25) is 5.02 Å². The van der Waals surface area contributed by atoms with Gasteiger partial charge in [0.25, 0.3) is 0 Å². The summed E-state index contributed by atoms with van der Waals surface area (Å²) in [7, 11) is 5.08. The summed E-state index contributed by atoms with van der Waals surface area (Å²) in [6, 6.07) is 5.39. The van der Waals surface area contributed by atoms with Crippen molar-refractivity contribution < 1.29 is 4.74 Å². The first kappa shape index (κ1) is 8.21. The number of halogens is 1. The van der Waals surface area contributed by atoms with Crippen LogP contribution >= 0.6 is 11.6 Å². The molecule has 0 aliphatic rings. The van der Waals surface area contributed by atoms with Gasteiger partial charge >= 0.3 is 0 Å². The molecular weight excluding hydrogens is 162 g/mol. The van der Waals surface area contributed by atoms with Crippen molar-refractivity contribution in [1.82, 2.24) is 0 Å². The fraction of sp³-hybridized carbons (Fsp3) is 0.125. The summed E-state index contributed by atoms with van der Waals surface area (Å²) in [5.41, 5.74) is 0.871. The second-order valence-electron chi connectivity index (χ2n) is 2.03. The smallest absolute Gasteiger partial charge is 0.137 e. The molecule has 3 heteroatoms. The molecule has 0 fully saturated rings. The van der Waals surface area contributed by atoms with Crippen molar-refractivity contribution in [3.05, 3.63) is 30.3 Å². The quantitative estimate of drug-likeness (QED) is 0.737. The van der Waals surface area contributed by atoms with Crippen LogP contribution in [0.5, 0.6) is 5.75 Å². The Labute approximate surface area is 71.1 Å². The molecule has 0 bridgehead atoms. The van der Waals surface area contributed by atoms with E-state index < -0.39 is 0 Å². The van der Waals surface area contributed by atoms with Crippen LogP contribution in [0, 0.1) is 7.05 Å². The van der Waals surface area contributed by atoms with E-state index in [0.29, 0.717) is 10.8 Å². The molecule has 2 nitrogen and oxygen atoms in total. The van der Waals surface area contributed by atoms with E-state index in [4.69, 9.17) is 16.3 Å². The SMILES string of the molecule is [CH2]Nc1ccc(OC)c(Cl)c1. The van der Waals surface area contributed by atoms with Gasteiger partial charge < -0.3 is 10.1 Å². The minimum atomic E-state index is 0.584. The number of methoxy groups -OCH3 is 1. The van der Waals surface area contributed by atoms with E-state index in [1.54, 1.807) is 19.2 Å². The van der Waals surface area contributed by atoms with Gasteiger partial charge in [-0.3, -0.25) is 0 Å². The first-order valence-electron chi connectivity index (χ1n) is 3.14. The van der Waals surface area contributed by atoms with Crippen LogP contribution in [-0.4, -0.2) is 7.11 Å². The summed E-state index contributed by atoms with van der Waals surface area (Å²) in [6.07, 6.45) is 0. The highest BCUT2D eigenvalue weighted by atomic mass is 35.5. The third-order valence-corrected chi connectivity index (χ3v) is 1.65. The number of rotatable bonds is 2. The van der Waals surface area contributed by atoms with E-state index >= 15 is 0 Å². The van der Waals surface area contributed by atoms with Crippen molar-refractivity contribution in [2.75, 3.05) is 12.4 Å². The van der Waals surface area contributed by atoms with Gasteiger partial charge in [0.05, 0.1) is 12.1 Å². The van der Waals surface area contributed by atoms with E-state index in [1.807, 2.05) is 6.07 Å². The number of benzene rings is 1. The van der Waals surface area contributed by atoms with Crippen molar-refractivity contribution in [2.45, 2.75) is 0 Å². The van der Waals surface area contributed by atoms with Gasteiger partial charge in [-0.2, -0.15) is 0 Å². The first-order chi connectivity index (χ1) is 5.27. The highest BCUT2D eigenvalue weighted by Crippen LogP contribution is 2.26. The lowest BCUT2D eigenvalue weighted by molar-refractivity contribution is 0.415. The van der Waals surface area contributed by atoms with Gasteiger partial charge in [0.15, 0.2) is 0 Å². The Morgan fingerprint density at radius 1 is 1.55 bits per heavy atom. The van der Waals surface area contributed by atoms with Gasteiger partial charge in [-0.1, -0.05) is 11.6 Å². The predicted octanol–water partition coefficient (Wildman–Crippen LogP) is 2.55. The van der Waals surface area contributed by atoms with Crippen LogP contribution < -0.4 is 10.1 Å². The van der Waals surface area contributed by atoms with Crippen molar-refractivity contribution in [2.24, 2.45) is 0 Å². The molecule has 0 amide bonds. The van der Waals surface area contributed by atoms with Gasteiger partial charge in [0.1, 0.15) is 5.75 Å². The van der Waals surface area contributed by atoms with E-state index in [-0.39, 0.29) is 0 Å². The van der Waals surface area contributed by atoms with Crippen LogP contribution in [0.4, 0.5) is 5.69 Å². The zero-order valence-electron chi connectivity index (χ0n) is 6.23. The topological polar surface area (TPSA) is 21.3 Å². The lowest BCUT2D eigenvalue weighted by atomic mass is 10.3. The highest BCUT2D eigenvalue weighted by Gasteiger charge is 1.98. The summed E-state index contributed by atoms with van der Waals surface area (Å²) in [6.45, 7) is 0. The Bertz CT molecular complexity index is 250. The first-order valence-corrected chi connectivity index (χ1v) is 3.52. The Balaban J connectivity index is 2.99. The van der Waals surface area contributed by atoms with Crippen LogP contribution in [-0.2, 0) is 0 Å². The second kappa shape index (κ2) is 3.49. The Kier molecular flexibility index (Phi) is 2.60. The Morgan fingerprint density at radius 2 is 2.27 bits per heavy atom.